The summed E-state index contributed by atoms with van der Waals surface area (Å²) in [5, 5.41) is 5.72. The van der Waals surface area contributed by atoms with Crippen molar-refractivity contribution in [1.29, 1.82) is 0 Å². The first-order valence-corrected chi connectivity index (χ1v) is 7.31. The van der Waals surface area contributed by atoms with Crippen LogP contribution in [0.3, 0.4) is 0 Å². The smallest absolute Gasteiger partial charge is 0.254 e. The van der Waals surface area contributed by atoms with Gasteiger partial charge in [-0.15, -0.1) is 0 Å². The van der Waals surface area contributed by atoms with Gasteiger partial charge in [0.1, 0.15) is 11.6 Å². The number of hydrogen-bond acceptors (Lipinski definition) is 5. The number of nitrogens with one attached hydrogen (secondary N) is 2. The van der Waals surface area contributed by atoms with E-state index >= 15 is 0 Å². The molecule has 0 radical (unpaired) electrons. The van der Waals surface area contributed by atoms with Gasteiger partial charge < -0.3 is 15.1 Å². The molecule has 0 saturated carbocycles. The molecule has 2 heterocycles. The molecule has 2 N–H and O–H groups in total. The molecule has 0 unspecified atom stereocenters. The summed E-state index contributed by atoms with van der Waals surface area (Å²) in [6.45, 7) is 0.765. The van der Waals surface area contributed by atoms with E-state index in [2.05, 4.69) is 20.6 Å². The first-order chi connectivity index (χ1) is 11.7. The van der Waals surface area contributed by atoms with Crippen LogP contribution in [0.15, 0.2) is 59.5 Å². The molecule has 1 aromatic carbocycles. The van der Waals surface area contributed by atoms with E-state index < -0.39 is 0 Å². The SMILES string of the molecule is O=C(NCc1ccco1)c1cnc(NCc2ccc(F)cc2)nc1. The molecule has 0 aliphatic rings. The van der Waals surface area contributed by atoms with Crippen molar-refractivity contribution in [3.8, 4) is 0 Å². The second-order valence-electron chi connectivity index (χ2n) is 5.04. The Bertz CT molecular complexity index is 786. The van der Waals surface area contributed by atoms with Crippen molar-refractivity contribution in [1.82, 2.24) is 15.3 Å². The van der Waals surface area contributed by atoms with Crippen molar-refractivity contribution in [3.05, 3.63) is 77.8 Å². The number of carbonyl (C=O) groups is 1. The highest BCUT2D eigenvalue weighted by atomic mass is 19.1. The van der Waals surface area contributed by atoms with Crippen molar-refractivity contribution in [2.45, 2.75) is 13.1 Å². The van der Waals surface area contributed by atoms with Crippen LogP contribution in [0.4, 0.5) is 10.3 Å². The average molecular weight is 326 g/mol. The zero-order valence-electron chi connectivity index (χ0n) is 12.7. The van der Waals surface area contributed by atoms with Gasteiger partial charge in [-0.3, -0.25) is 4.79 Å². The maximum Gasteiger partial charge on any atom is 0.254 e. The second kappa shape index (κ2) is 7.36. The molecule has 122 valence electrons. The number of nitrogens with zero attached hydrogens (tertiary/aromatic N) is 2. The molecule has 0 aliphatic heterocycles. The van der Waals surface area contributed by atoms with E-state index in [-0.39, 0.29) is 11.7 Å². The minimum absolute atomic E-state index is 0.278. The number of furan rings is 1. The van der Waals surface area contributed by atoms with Gasteiger partial charge in [-0.25, -0.2) is 14.4 Å². The molecule has 6 nitrogen and oxygen atoms in total. The minimum atomic E-state index is -0.281. The molecule has 3 rings (SSSR count). The summed E-state index contributed by atoms with van der Waals surface area (Å²) in [4.78, 5) is 20.2. The van der Waals surface area contributed by atoms with E-state index in [1.807, 2.05) is 0 Å². The largest absolute Gasteiger partial charge is 0.467 e. The van der Waals surface area contributed by atoms with Crippen LogP contribution >= 0.6 is 0 Å². The lowest BCUT2D eigenvalue weighted by atomic mass is 10.2. The fourth-order valence-electron chi connectivity index (χ4n) is 2.00. The number of rotatable bonds is 6. The highest BCUT2D eigenvalue weighted by Gasteiger charge is 2.07. The van der Waals surface area contributed by atoms with Crippen LogP contribution in [0.1, 0.15) is 21.7 Å². The Morgan fingerprint density at radius 2 is 1.83 bits per heavy atom. The van der Waals surface area contributed by atoms with Gasteiger partial charge in [-0.2, -0.15) is 0 Å². The van der Waals surface area contributed by atoms with E-state index in [0.29, 0.717) is 30.4 Å². The Morgan fingerprint density at radius 3 is 2.50 bits per heavy atom. The molecule has 0 bridgehead atoms. The van der Waals surface area contributed by atoms with Crippen LogP contribution in [-0.2, 0) is 13.1 Å². The van der Waals surface area contributed by atoms with Crippen LogP contribution in [0.5, 0.6) is 0 Å². The van der Waals surface area contributed by atoms with Crippen molar-refractivity contribution in [3.63, 3.8) is 0 Å². The number of benzene rings is 1. The molecule has 0 spiro atoms. The van der Waals surface area contributed by atoms with Crippen molar-refractivity contribution in [2.24, 2.45) is 0 Å². The third-order valence-corrected chi connectivity index (χ3v) is 3.28. The number of hydrogen-bond donors (Lipinski definition) is 2. The highest BCUT2D eigenvalue weighted by Crippen LogP contribution is 2.06. The van der Waals surface area contributed by atoms with Gasteiger partial charge in [0.2, 0.25) is 5.95 Å². The van der Waals surface area contributed by atoms with Crippen LogP contribution in [0, 0.1) is 5.82 Å². The number of halogens is 1. The monoisotopic (exact) mass is 326 g/mol. The van der Waals surface area contributed by atoms with Gasteiger partial charge in [-0.1, -0.05) is 12.1 Å². The van der Waals surface area contributed by atoms with Crippen molar-refractivity contribution >= 4 is 11.9 Å². The predicted octanol–water partition coefficient (Wildman–Crippen LogP) is 2.75. The van der Waals surface area contributed by atoms with E-state index in [4.69, 9.17) is 4.42 Å². The standard InChI is InChI=1S/C17H15FN4O2/c18-14-5-3-12(4-6-14)8-20-17-21-9-13(10-22-17)16(23)19-11-15-2-1-7-24-15/h1-7,9-10H,8,11H2,(H,19,23)(H,20,21,22). The molecule has 0 saturated heterocycles. The summed E-state index contributed by atoms with van der Waals surface area (Å²) >= 11 is 0. The lowest BCUT2D eigenvalue weighted by molar-refractivity contribution is 0.0947. The minimum Gasteiger partial charge on any atom is -0.467 e. The summed E-state index contributed by atoms with van der Waals surface area (Å²) in [6, 6.07) is 9.68. The molecule has 1 amide bonds. The topological polar surface area (TPSA) is 80.0 Å². The van der Waals surface area contributed by atoms with Crippen LogP contribution in [-0.4, -0.2) is 15.9 Å². The van der Waals surface area contributed by atoms with Crippen molar-refractivity contribution in [2.75, 3.05) is 5.32 Å². The Kier molecular flexibility index (Phi) is 4.81. The van der Waals surface area contributed by atoms with Gasteiger partial charge in [0.15, 0.2) is 0 Å². The first-order valence-electron chi connectivity index (χ1n) is 7.31. The number of carbonyl (C=O) groups excluding carboxylic acids is 1. The molecule has 3 aromatic rings. The van der Waals surface area contributed by atoms with Crippen molar-refractivity contribution < 1.29 is 13.6 Å². The van der Waals surface area contributed by atoms with Gasteiger partial charge in [-0.05, 0) is 29.8 Å². The Hall–Kier alpha value is -3.22. The zero-order chi connectivity index (χ0) is 16.8. The summed E-state index contributed by atoms with van der Waals surface area (Å²) in [6.07, 6.45) is 4.43. The predicted molar refractivity (Wildman–Crippen MR) is 85.6 cm³/mol. The fraction of sp³-hybridized carbons (Fsp3) is 0.118. The van der Waals surface area contributed by atoms with Crippen LogP contribution in [0.2, 0.25) is 0 Å². The van der Waals surface area contributed by atoms with Crippen LogP contribution < -0.4 is 10.6 Å². The normalized spacial score (nSPS) is 10.4. The van der Waals surface area contributed by atoms with Gasteiger partial charge in [0.25, 0.3) is 5.91 Å². The molecule has 24 heavy (non-hydrogen) atoms. The zero-order valence-corrected chi connectivity index (χ0v) is 12.7. The third-order valence-electron chi connectivity index (χ3n) is 3.28. The molecule has 0 atom stereocenters. The van der Waals surface area contributed by atoms with E-state index in [1.54, 1.807) is 30.5 Å². The van der Waals surface area contributed by atoms with E-state index in [0.717, 1.165) is 5.56 Å². The Balaban J connectivity index is 1.52. The molecule has 0 fully saturated rings. The lowest BCUT2D eigenvalue weighted by Gasteiger charge is -2.06. The third kappa shape index (κ3) is 4.16. The van der Waals surface area contributed by atoms with Gasteiger partial charge >= 0.3 is 0 Å². The maximum absolute atomic E-state index is 12.8. The molecule has 7 heteroatoms. The second-order valence-corrected chi connectivity index (χ2v) is 5.04. The molecule has 2 aromatic heterocycles. The van der Waals surface area contributed by atoms with E-state index in [9.17, 15) is 9.18 Å². The highest BCUT2D eigenvalue weighted by molar-refractivity contribution is 5.93. The molecular weight excluding hydrogens is 311 g/mol. The Labute approximate surface area is 137 Å². The fourth-order valence-corrected chi connectivity index (χ4v) is 2.00. The number of amides is 1. The average Bonchev–Trinajstić information content (AvgIpc) is 3.13. The van der Waals surface area contributed by atoms with Gasteiger partial charge in [0, 0.05) is 18.9 Å². The summed E-state index contributed by atoms with van der Waals surface area (Å²) < 4.78 is 18.0. The molecule has 0 aliphatic carbocycles. The molecular formula is C17H15FN4O2. The summed E-state index contributed by atoms with van der Waals surface area (Å²) in [5.41, 5.74) is 1.26. The maximum atomic E-state index is 12.8. The number of aromatic nitrogens is 2. The quantitative estimate of drug-likeness (QED) is 0.728. The summed E-state index contributed by atoms with van der Waals surface area (Å²) in [7, 11) is 0. The number of anilines is 1. The first kappa shape index (κ1) is 15.7. The van der Waals surface area contributed by atoms with Crippen LogP contribution in [0.25, 0.3) is 0 Å². The Morgan fingerprint density at radius 1 is 1.08 bits per heavy atom. The van der Waals surface area contributed by atoms with Gasteiger partial charge in [0.05, 0.1) is 18.4 Å². The lowest BCUT2D eigenvalue weighted by Crippen LogP contribution is -2.23. The van der Waals surface area contributed by atoms with E-state index in [1.165, 1.54) is 24.5 Å². The summed E-state index contributed by atoms with van der Waals surface area (Å²) in [5.74, 6) is 0.500.